The molecule has 5 heteroatoms. The van der Waals surface area contributed by atoms with E-state index in [0.29, 0.717) is 24.4 Å². The van der Waals surface area contributed by atoms with Crippen LogP contribution in [0.1, 0.15) is 34.0 Å². The third kappa shape index (κ3) is 5.95. The van der Waals surface area contributed by atoms with E-state index in [2.05, 4.69) is 5.32 Å². The van der Waals surface area contributed by atoms with Gasteiger partial charge in [-0.25, -0.2) is 0 Å². The van der Waals surface area contributed by atoms with Crippen molar-refractivity contribution >= 4 is 17.5 Å². The van der Waals surface area contributed by atoms with E-state index in [1.54, 1.807) is 24.1 Å². The Morgan fingerprint density at radius 2 is 1.68 bits per heavy atom. The number of hydrogen-bond acceptors (Lipinski definition) is 3. The summed E-state index contributed by atoms with van der Waals surface area (Å²) in [6.07, 6.45) is 0.271. The molecule has 3 aromatic carbocycles. The molecule has 0 saturated heterocycles. The number of anilines is 1. The number of rotatable bonds is 8. The zero-order valence-electron chi connectivity index (χ0n) is 18.2. The first-order valence-electron chi connectivity index (χ1n) is 10.4. The number of ether oxygens (including phenoxy) is 1. The number of aryl methyl sites for hydroxylation is 1. The summed E-state index contributed by atoms with van der Waals surface area (Å²) >= 11 is 0. The van der Waals surface area contributed by atoms with Gasteiger partial charge in [-0.1, -0.05) is 48.0 Å². The van der Waals surface area contributed by atoms with E-state index in [1.165, 1.54) is 5.56 Å². The van der Waals surface area contributed by atoms with Gasteiger partial charge in [0.1, 0.15) is 5.75 Å². The third-order valence-electron chi connectivity index (χ3n) is 4.98. The third-order valence-corrected chi connectivity index (χ3v) is 4.98. The topological polar surface area (TPSA) is 58.6 Å². The minimum atomic E-state index is -0.130. The molecular weight excluding hydrogens is 388 g/mol. The zero-order chi connectivity index (χ0) is 22.2. The Labute approximate surface area is 183 Å². The largest absolute Gasteiger partial charge is 0.497 e. The predicted molar refractivity (Wildman–Crippen MR) is 124 cm³/mol. The molecule has 0 spiro atoms. The highest BCUT2D eigenvalue weighted by molar-refractivity contribution is 6.06. The Bertz CT molecular complexity index is 1040. The average Bonchev–Trinajstić information content (AvgIpc) is 2.78. The Morgan fingerprint density at radius 1 is 0.935 bits per heavy atom. The summed E-state index contributed by atoms with van der Waals surface area (Å²) in [5.74, 6) is 0.463. The van der Waals surface area contributed by atoms with E-state index >= 15 is 0 Å². The Morgan fingerprint density at radius 3 is 2.39 bits per heavy atom. The van der Waals surface area contributed by atoms with Crippen LogP contribution in [0.25, 0.3) is 0 Å². The lowest BCUT2D eigenvalue weighted by molar-refractivity contribution is -0.120. The average molecular weight is 417 g/mol. The maximum atomic E-state index is 13.5. The monoisotopic (exact) mass is 416 g/mol. The molecule has 0 heterocycles. The summed E-state index contributed by atoms with van der Waals surface area (Å²) in [5.41, 5.74) is 4.33. The van der Waals surface area contributed by atoms with Crippen molar-refractivity contribution in [2.75, 3.05) is 18.6 Å². The van der Waals surface area contributed by atoms with Crippen molar-refractivity contribution in [3.63, 3.8) is 0 Å². The van der Waals surface area contributed by atoms with Crippen molar-refractivity contribution in [2.45, 2.75) is 26.8 Å². The fraction of sp³-hybridized carbons (Fsp3) is 0.231. The van der Waals surface area contributed by atoms with E-state index in [-0.39, 0.29) is 18.2 Å². The quantitative estimate of drug-likeness (QED) is 0.587. The summed E-state index contributed by atoms with van der Waals surface area (Å²) in [5, 5.41) is 2.82. The van der Waals surface area contributed by atoms with Gasteiger partial charge in [0.25, 0.3) is 5.91 Å². The second-order valence-corrected chi connectivity index (χ2v) is 7.41. The molecule has 0 bridgehead atoms. The van der Waals surface area contributed by atoms with Gasteiger partial charge < -0.3 is 15.0 Å². The van der Waals surface area contributed by atoms with Crippen LogP contribution in [-0.4, -0.2) is 25.5 Å². The summed E-state index contributed by atoms with van der Waals surface area (Å²) < 4.78 is 5.29. The van der Waals surface area contributed by atoms with E-state index in [4.69, 9.17) is 4.74 Å². The van der Waals surface area contributed by atoms with Gasteiger partial charge >= 0.3 is 0 Å². The van der Waals surface area contributed by atoms with Gasteiger partial charge in [-0.05, 0) is 55.3 Å². The highest BCUT2D eigenvalue weighted by Crippen LogP contribution is 2.24. The fourth-order valence-corrected chi connectivity index (χ4v) is 3.35. The van der Waals surface area contributed by atoms with Crippen LogP contribution in [0.2, 0.25) is 0 Å². The molecule has 0 aliphatic rings. The van der Waals surface area contributed by atoms with Crippen LogP contribution in [0, 0.1) is 6.92 Å². The number of hydrogen-bond donors (Lipinski definition) is 1. The number of nitrogens with one attached hydrogen (secondary N) is 1. The van der Waals surface area contributed by atoms with Crippen molar-refractivity contribution in [3.8, 4) is 5.75 Å². The molecular formula is C26H28N2O3. The number of amides is 2. The van der Waals surface area contributed by atoms with Gasteiger partial charge in [-0.15, -0.1) is 0 Å². The minimum Gasteiger partial charge on any atom is -0.497 e. The molecule has 0 aliphatic heterocycles. The SMILES string of the molecule is CCNC(=O)Cc1cccc(N(Cc2ccc(C)cc2)C(=O)c2cccc(OC)c2)c1. The summed E-state index contributed by atoms with van der Waals surface area (Å²) in [6, 6.07) is 22.9. The van der Waals surface area contributed by atoms with Crippen molar-refractivity contribution in [2.24, 2.45) is 0 Å². The maximum Gasteiger partial charge on any atom is 0.258 e. The Hall–Kier alpha value is -3.60. The van der Waals surface area contributed by atoms with Crippen LogP contribution in [0.15, 0.2) is 72.8 Å². The smallest absolute Gasteiger partial charge is 0.258 e. The number of benzene rings is 3. The van der Waals surface area contributed by atoms with Crippen LogP contribution >= 0.6 is 0 Å². The normalized spacial score (nSPS) is 10.4. The van der Waals surface area contributed by atoms with Crippen molar-refractivity contribution in [3.05, 3.63) is 95.1 Å². The van der Waals surface area contributed by atoms with E-state index < -0.39 is 0 Å². The van der Waals surface area contributed by atoms with Gasteiger partial charge in [0, 0.05) is 17.8 Å². The number of likely N-dealkylation sites (N-methyl/N-ethyl adjacent to an activating group) is 1. The molecule has 5 nitrogen and oxygen atoms in total. The summed E-state index contributed by atoms with van der Waals surface area (Å²) in [4.78, 5) is 27.3. The Balaban J connectivity index is 1.96. The first-order valence-corrected chi connectivity index (χ1v) is 10.4. The molecule has 31 heavy (non-hydrogen) atoms. The second kappa shape index (κ2) is 10.4. The van der Waals surface area contributed by atoms with E-state index in [9.17, 15) is 9.59 Å². The van der Waals surface area contributed by atoms with Gasteiger partial charge in [0.2, 0.25) is 5.91 Å². The number of methoxy groups -OCH3 is 1. The van der Waals surface area contributed by atoms with E-state index in [0.717, 1.165) is 16.8 Å². The molecule has 0 radical (unpaired) electrons. The molecule has 1 N–H and O–H groups in total. The first-order chi connectivity index (χ1) is 15.0. The molecule has 0 unspecified atom stereocenters. The van der Waals surface area contributed by atoms with Gasteiger partial charge in [0.05, 0.1) is 20.1 Å². The maximum absolute atomic E-state index is 13.5. The number of nitrogens with zero attached hydrogens (tertiary/aromatic N) is 1. The molecule has 0 atom stereocenters. The fourth-order valence-electron chi connectivity index (χ4n) is 3.35. The number of carbonyl (C=O) groups excluding carboxylic acids is 2. The minimum absolute atomic E-state index is 0.0381. The van der Waals surface area contributed by atoms with Crippen LogP contribution < -0.4 is 15.0 Å². The summed E-state index contributed by atoms with van der Waals surface area (Å²) in [7, 11) is 1.58. The van der Waals surface area contributed by atoms with Gasteiger partial charge in [-0.2, -0.15) is 0 Å². The van der Waals surface area contributed by atoms with Crippen LogP contribution in [-0.2, 0) is 17.8 Å². The zero-order valence-corrected chi connectivity index (χ0v) is 18.2. The second-order valence-electron chi connectivity index (χ2n) is 7.41. The summed E-state index contributed by atoms with van der Waals surface area (Å²) in [6.45, 7) is 4.94. The van der Waals surface area contributed by atoms with Crippen LogP contribution in [0.5, 0.6) is 5.75 Å². The molecule has 0 fully saturated rings. The molecule has 0 saturated carbocycles. The van der Waals surface area contributed by atoms with Crippen molar-refractivity contribution in [1.82, 2.24) is 5.32 Å². The lowest BCUT2D eigenvalue weighted by atomic mass is 10.1. The number of carbonyl (C=O) groups is 2. The lowest BCUT2D eigenvalue weighted by Crippen LogP contribution is -2.30. The molecule has 3 aromatic rings. The molecule has 160 valence electrons. The molecule has 2 amide bonds. The Kier molecular flexibility index (Phi) is 7.44. The highest BCUT2D eigenvalue weighted by Gasteiger charge is 2.19. The van der Waals surface area contributed by atoms with Crippen LogP contribution in [0.4, 0.5) is 5.69 Å². The predicted octanol–water partition coefficient (Wildman–Crippen LogP) is 4.53. The highest BCUT2D eigenvalue weighted by atomic mass is 16.5. The van der Waals surface area contributed by atoms with Gasteiger partial charge in [0.15, 0.2) is 0 Å². The standard InChI is InChI=1S/C26H28N2O3/c1-4-27-25(29)16-21-7-5-9-23(15-21)28(18-20-13-11-19(2)12-14-20)26(30)22-8-6-10-24(17-22)31-3/h5-15,17H,4,16,18H2,1-3H3,(H,27,29). The first kappa shape index (κ1) is 22.1. The van der Waals surface area contributed by atoms with Crippen molar-refractivity contribution < 1.29 is 14.3 Å². The molecule has 3 rings (SSSR count). The van der Waals surface area contributed by atoms with Crippen molar-refractivity contribution in [1.29, 1.82) is 0 Å². The van der Waals surface area contributed by atoms with E-state index in [1.807, 2.05) is 74.5 Å². The van der Waals surface area contributed by atoms with Gasteiger partial charge in [-0.3, -0.25) is 9.59 Å². The molecule has 0 aromatic heterocycles. The lowest BCUT2D eigenvalue weighted by Gasteiger charge is -2.24. The molecule has 0 aliphatic carbocycles. The van der Waals surface area contributed by atoms with Crippen LogP contribution in [0.3, 0.4) is 0 Å².